The maximum atomic E-state index is 4.02. The van der Waals surface area contributed by atoms with Crippen LogP contribution in [0.5, 0.6) is 0 Å². The number of para-hydroxylation sites is 1. The van der Waals surface area contributed by atoms with Crippen molar-refractivity contribution < 1.29 is 0 Å². The molecule has 1 aliphatic rings. The number of tetrazole rings is 1. The first kappa shape index (κ1) is 12.1. The molecule has 0 atom stereocenters. The molecular weight excluding hydrogens is 240 g/mol. The summed E-state index contributed by atoms with van der Waals surface area (Å²) in [5, 5.41) is 15.1. The highest BCUT2D eigenvalue weighted by Gasteiger charge is 2.25. The fourth-order valence-electron chi connectivity index (χ4n) is 2.08. The second-order valence-corrected chi connectivity index (χ2v) is 4.89. The number of likely N-dealkylation sites (N-methyl/N-ethyl adjacent to an activating group) is 1. The summed E-state index contributed by atoms with van der Waals surface area (Å²) in [6.45, 7) is 1.85. The lowest BCUT2D eigenvalue weighted by atomic mass is 10.3. The standard InChI is InChI=1S/C13H18N6/c1-18(11-7-8-11)10-9-14-13-15-16-17-19(13)12-5-3-2-4-6-12/h2-6,11H,7-10H2,1H3,(H,14,15,17). The molecule has 6 heteroatoms. The summed E-state index contributed by atoms with van der Waals surface area (Å²) in [6, 6.07) is 10.7. The summed E-state index contributed by atoms with van der Waals surface area (Å²) in [6.07, 6.45) is 2.66. The first-order valence-electron chi connectivity index (χ1n) is 6.62. The van der Waals surface area contributed by atoms with Gasteiger partial charge in [-0.2, -0.15) is 4.68 Å². The van der Waals surface area contributed by atoms with Gasteiger partial charge in [0.1, 0.15) is 0 Å². The minimum Gasteiger partial charge on any atom is -0.351 e. The van der Waals surface area contributed by atoms with Crippen LogP contribution in [0.3, 0.4) is 0 Å². The zero-order valence-corrected chi connectivity index (χ0v) is 11.0. The van der Waals surface area contributed by atoms with Gasteiger partial charge in [-0.25, -0.2) is 0 Å². The van der Waals surface area contributed by atoms with Gasteiger partial charge in [0.15, 0.2) is 0 Å². The molecule has 0 unspecified atom stereocenters. The van der Waals surface area contributed by atoms with Crippen molar-refractivity contribution in [1.82, 2.24) is 25.1 Å². The molecule has 100 valence electrons. The first-order valence-corrected chi connectivity index (χ1v) is 6.62. The number of anilines is 1. The van der Waals surface area contributed by atoms with Gasteiger partial charge in [0, 0.05) is 19.1 Å². The van der Waals surface area contributed by atoms with Crippen molar-refractivity contribution in [2.75, 3.05) is 25.5 Å². The minimum absolute atomic E-state index is 0.690. The summed E-state index contributed by atoms with van der Waals surface area (Å²) < 4.78 is 1.72. The van der Waals surface area contributed by atoms with Gasteiger partial charge in [-0.05, 0) is 42.4 Å². The maximum Gasteiger partial charge on any atom is 0.247 e. The van der Waals surface area contributed by atoms with Crippen molar-refractivity contribution in [1.29, 1.82) is 0 Å². The molecule has 0 amide bonds. The fraction of sp³-hybridized carbons (Fsp3) is 0.462. The Morgan fingerprint density at radius 2 is 2.11 bits per heavy atom. The van der Waals surface area contributed by atoms with E-state index in [0.29, 0.717) is 5.95 Å². The second-order valence-electron chi connectivity index (χ2n) is 4.89. The van der Waals surface area contributed by atoms with Crippen LogP contribution in [0.2, 0.25) is 0 Å². The average molecular weight is 258 g/mol. The summed E-state index contributed by atoms with van der Waals surface area (Å²) in [4.78, 5) is 2.38. The lowest BCUT2D eigenvalue weighted by molar-refractivity contribution is 0.337. The van der Waals surface area contributed by atoms with Crippen LogP contribution in [0, 0.1) is 0 Å². The van der Waals surface area contributed by atoms with Gasteiger partial charge in [-0.3, -0.25) is 0 Å². The van der Waals surface area contributed by atoms with Gasteiger partial charge in [-0.15, -0.1) is 0 Å². The van der Waals surface area contributed by atoms with Crippen LogP contribution >= 0.6 is 0 Å². The highest BCUT2D eigenvalue weighted by atomic mass is 15.6. The average Bonchev–Trinajstić information content (AvgIpc) is 3.20. The highest BCUT2D eigenvalue weighted by molar-refractivity contribution is 5.38. The van der Waals surface area contributed by atoms with Gasteiger partial charge in [0.2, 0.25) is 5.95 Å². The number of aromatic nitrogens is 4. The Hall–Kier alpha value is -1.95. The third-order valence-corrected chi connectivity index (χ3v) is 3.39. The van der Waals surface area contributed by atoms with E-state index >= 15 is 0 Å². The molecule has 1 aromatic heterocycles. The van der Waals surface area contributed by atoms with Crippen LogP contribution in [0.4, 0.5) is 5.95 Å². The van der Waals surface area contributed by atoms with Crippen LogP contribution in [0.25, 0.3) is 5.69 Å². The Morgan fingerprint density at radius 3 is 2.84 bits per heavy atom. The van der Waals surface area contributed by atoms with Gasteiger partial charge in [0.25, 0.3) is 0 Å². The summed E-state index contributed by atoms with van der Waals surface area (Å²) in [5.41, 5.74) is 0.963. The van der Waals surface area contributed by atoms with E-state index in [1.165, 1.54) is 12.8 Å². The van der Waals surface area contributed by atoms with Gasteiger partial charge >= 0.3 is 0 Å². The molecule has 0 aliphatic heterocycles. The molecule has 2 aromatic rings. The lowest BCUT2D eigenvalue weighted by Gasteiger charge is -2.15. The number of rotatable bonds is 6. The van der Waals surface area contributed by atoms with Gasteiger partial charge in [-0.1, -0.05) is 23.3 Å². The third kappa shape index (κ3) is 2.90. The van der Waals surface area contributed by atoms with Crippen LogP contribution in [-0.2, 0) is 0 Å². The van der Waals surface area contributed by atoms with Gasteiger partial charge in [0.05, 0.1) is 5.69 Å². The SMILES string of the molecule is CN(CCNc1nnnn1-c1ccccc1)C1CC1. The van der Waals surface area contributed by atoms with E-state index in [2.05, 4.69) is 32.8 Å². The lowest BCUT2D eigenvalue weighted by Crippen LogP contribution is -2.27. The molecule has 1 aliphatic carbocycles. The largest absolute Gasteiger partial charge is 0.351 e. The predicted molar refractivity (Wildman–Crippen MR) is 73.3 cm³/mol. The minimum atomic E-state index is 0.690. The van der Waals surface area contributed by atoms with Gasteiger partial charge < -0.3 is 10.2 Å². The van der Waals surface area contributed by atoms with Crippen LogP contribution in [-0.4, -0.2) is 51.3 Å². The van der Waals surface area contributed by atoms with E-state index < -0.39 is 0 Å². The summed E-state index contributed by atoms with van der Waals surface area (Å²) in [5.74, 6) is 0.690. The smallest absolute Gasteiger partial charge is 0.247 e. The first-order chi connectivity index (χ1) is 9.34. The van der Waals surface area contributed by atoms with E-state index in [1.807, 2.05) is 30.3 Å². The molecule has 0 saturated heterocycles. The molecule has 6 nitrogen and oxygen atoms in total. The molecular formula is C13H18N6. The third-order valence-electron chi connectivity index (χ3n) is 3.39. The number of nitrogens with zero attached hydrogens (tertiary/aromatic N) is 5. The Labute approximate surface area is 112 Å². The van der Waals surface area contributed by atoms with Crippen molar-refractivity contribution in [2.24, 2.45) is 0 Å². The molecule has 3 rings (SSSR count). The van der Waals surface area contributed by atoms with E-state index in [9.17, 15) is 0 Å². The molecule has 1 heterocycles. The van der Waals surface area contributed by atoms with E-state index in [1.54, 1.807) is 4.68 Å². The van der Waals surface area contributed by atoms with E-state index in [4.69, 9.17) is 0 Å². The maximum absolute atomic E-state index is 4.02. The Balaban J connectivity index is 1.60. The summed E-state index contributed by atoms with van der Waals surface area (Å²) in [7, 11) is 2.17. The molecule has 1 saturated carbocycles. The molecule has 1 fully saturated rings. The van der Waals surface area contributed by atoms with Crippen LogP contribution < -0.4 is 5.32 Å². The van der Waals surface area contributed by atoms with Crippen molar-refractivity contribution in [2.45, 2.75) is 18.9 Å². The van der Waals surface area contributed by atoms with Crippen molar-refractivity contribution in [3.63, 3.8) is 0 Å². The van der Waals surface area contributed by atoms with E-state index in [0.717, 1.165) is 24.8 Å². The molecule has 0 radical (unpaired) electrons. The van der Waals surface area contributed by atoms with Crippen molar-refractivity contribution >= 4 is 5.95 Å². The molecule has 0 spiro atoms. The predicted octanol–water partition coefficient (Wildman–Crippen LogP) is 1.17. The number of hydrogen-bond acceptors (Lipinski definition) is 5. The Morgan fingerprint density at radius 1 is 1.32 bits per heavy atom. The molecule has 1 N–H and O–H groups in total. The van der Waals surface area contributed by atoms with Crippen molar-refractivity contribution in [3.8, 4) is 5.69 Å². The second kappa shape index (κ2) is 5.36. The Bertz CT molecular complexity index is 519. The molecule has 1 aromatic carbocycles. The molecule has 0 bridgehead atoms. The quantitative estimate of drug-likeness (QED) is 0.843. The van der Waals surface area contributed by atoms with Crippen molar-refractivity contribution in [3.05, 3.63) is 30.3 Å². The fourth-order valence-corrected chi connectivity index (χ4v) is 2.08. The van der Waals surface area contributed by atoms with Crippen LogP contribution in [0.1, 0.15) is 12.8 Å². The zero-order chi connectivity index (χ0) is 13.1. The monoisotopic (exact) mass is 258 g/mol. The zero-order valence-electron chi connectivity index (χ0n) is 11.0. The number of benzene rings is 1. The number of hydrogen-bond donors (Lipinski definition) is 1. The summed E-state index contributed by atoms with van der Waals surface area (Å²) >= 11 is 0. The Kier molecular flexibility index (Phi) is 3.41. The highest BCUT2D eigenvalue weighted by Crippen LogP contribution is 2.24. The number of nitrogens with one attached hydrogen (secondary N) is 1. The van der Waals surface area contributed by atoms with E-state index in [-0.39, 0.29) is 0 Å². The topological polar surface area (TPSA) is 58.9 Å². The van der Waals surface area contributed by atoms with Crippen LogP contribution in [0.15, 0.2) is 30.3 Å². The normalized spacial score (nSPS) is 14.8. The molecule has 19 heavy (non-hydrogen) atoms.